The summed E-state index contributed by atoms with van der Waals surface area (Å²) in [4.78, 5) is 12.1. The second kappa shape index (κ2) is 5.53. The maximum absolute atomic E-state index is 12.1. The van der Waals surface area contributed by atoms with E-state index in [0.717, 1.165) is 31.2 Å². The summed E-state index contributed by atoms with van der Waals surface area (Å²) >= 11 is 0. The van der Waals surface area contributed by atoms with E-state index in [9.17, 15) is 4.79 Å². The van der Waals surface area contributed by atoms with Crippen LogP contribution in [0.4, 0.5) is 0 Å². The van der Waals surface area contributed by atoms with Gasteiger partial charge in [0.15, 0.2) is 0 Å². The molecular weight excluding hydrogens is 224 g/mol. The molecule has 0 bridgehead atoms. The largest absolute Gasteiger partial charge is 0.347 e. The Morgan fingerprint density at radius 2 is 2.00 bits per heavy atom. The molecule has 1 aromatic carbocycles. The number of nitrogens with two attached hydrogens (primary N) is 1. The van der Waals surface area contributed by atoms with Gasteiger partial charge in [0.25, 0.3) is 5.91 Å². The first-order valence-electron chi connectivity index (χ1n) is 6.81. The molecule has 3 nitrogen and oxygen atoms in total. The van der Waals surface area contributed by atoms with Gasteiger partial charge in [-0.05, 0) is 56.3 Å². The standard InChI is InChI=1S/C15H22N2O/c1-2-15(9-3-10-15)17-14(18)13-6-4-12(5-7-13)8-11-16/h4-7H,2-3,8-11,16H2,1H3,(H,17,18). The molecule has 1 aliphatic rings. The lowest BCUT2D eigenvalue weighted by Crippen LogP contribution is -2.52. The molecule has 0 unspecified atom stereocenters. The predicted molar refractivity (Wildman–Crippen MR) is 73.5 cm³/mol. The smallest absolute Gasteiger partial charge is 0.251 e. The molecule has 3 N–H and O–H groups in total. The molecule has 1 fully saturated rings. The fourth-order valence-corrected chi connectivity index (χ4v) is 2.47. The Morgan fingerprint density at radius 1 is 1.33 bits per heavy atom. The number of carbonyl (C=O) groups excluding carboxylic acids is 1. The van der Waals surface area contributed by atoms with Crippen molar-refractivity contribution in [3.63, 3.8) is 0 Å². The van der Waals surface area contributed by atoms with Crippen molar-refractivity contribution in [3.8, 4) is 0 Å². The number of rotatable bonds is 5. The van der Waals surface area contributed by atoms with Crippen molar-refractivity contribution >= 4 is 5.91 Å². The van der Waals surface area contributed by atoms with Crippen molar-refractivity contribution in [1.82, 2.24) is 5.32 Å². The topological polar surface area (TPSA) is 55.1 Å². The lowest BCUT2D eigenvalue weighted by atomic mass is 9.74. The minimum Gasteiger partial charge on any atom is -0.347 e. The third kappa shape index (κ3) is 2.72. The van der Waals surface area contributed by atoms with E-state index >= 15 is 0 Å². The number of carbonyl (C=O) groups is 1. The summed E-state index contributed by atoms with van der Waals surface area (Å²) in [7, 11) is 0. The van der Waals surface area contributed by atoms with Crippen LogP contribution in [0.5, 0.6) is 0 Å². The second-order valence-corrected chi connectivity index (χ2v) is 5.18. The minimum absolute atomic E-state index is 0.0517. The third-order valence-corrected chi connectivity index (χ3v) is 4.02. The van der Waals surface area contributed by atoms with Gasteiger partial charge in [0.05, 0.1) is 0 Å². The van der Waals surface area contributed by atoms with Crippen molar-refractivity contribution in [2.45, 2.75) is 44.6 Å². The van der Waals surface area contributed by atoms with E-state index in [1.54, 1.807) is 0 Å². The van der Waals surface area contributed by atoms with Gasteiger partial charge in [-0.3, -0.25) is 4.79 Å². The average Bonchev–Trinajstić information content (AvgIpc) is 2.35. The normalized spacial score (nSPS) is 17.0. The number of hydrogen-bond donors (Lipinski definition) is 2. The first-order chi connectivity index (χ1) is 8.69. The summed E-state index contributed by atoms with van der Waals surface area (Å²) in [5.41, 5.74) is 7.50. The molecule has 2 rings (SSSR count). The maximum atomic E-state index is 12.1. The first-order valence-corrected chi connectivity index (χ1v) is 6.81. The Labute approximate surface area is 109 Å². The van der Waals surface area contributed by atoms with Crippen LogP contribution < -0.4 is 11.1 Å². The number of amides is 1. The fourth-order valence-electron chi connectivity index (χ4n) is 2.47. The molecule has 0 spiro atoms. The van der Waals surface area contributed by atoms with E-state index in [1.165, 1.54) is 12.0 Å². The lowest BCUT2D eigenvalue weighted by Gasteiger charge is -2.42. The zero-order chi connectivity index (χ0) is 13.0. The van der Waals surface area contributed by atoms with Gasteiger partial charge in [-0.2, -0.15) is 0 Å². The van der Waals surface area contributed by atoms with E-state index in [1.807, 2.05) is 24.3 Å². The molecule has 18 heavy (non-hydrogen) atoms. The van der Waals surface area contributed by atoms with E-state index in [4.69, 9.17) is 5.73 Å². The third-order valence-electron chi connectivity index (χ3n) is 4.02. The molecule has 98 valence electrons. The Morgan fingerprint density at radius 3 is 2.44 bits per heavy atom. The molecule has 0 saturated heterocycles. The maximum Gasteiger partial charge on any atom is 0.251 e. The van der Waals surface area contributed by atoms with Gasteiger partial charge in [-0.1, -0.05) is 19.1 Å². The minimum atomic E-state index is 0.0517. The van der Waals surface area contributed by atoms with Gasteiger partial charge in [-0.15, -0.1) is 0 Å². The Bertz CT molecular complexity index is 401. The van der Waals surface area contributed by atoms with Crippen LogP contribution in [0.1, 0.15) is 48.5 Å². The number of benzene rings is 1. The van der Waals surface area contributed by atoms with Gasteiger partial charge in [0, 0.05) is 11.1 Å². The Hall–Kier alpha value is -1.35. The van der Waals surface area contributed by atoms with E-state index in [0.29, 0.717) is 6.54 Å². The average molecular weight is 246 g/mol. The molecule has 0 radical (unpaired) electrons. The highest BCUT2D eigenvalue weighted by Gasteiger charge is 2.36. The molecule has 1 amide bonds. The Balaban J connectivity index is 2.00. The molecule has 1 saturated carbocycles. The highest BCUT2D eigenvalue weighted by Crippen LogP contribution is 2.34. The van der Waals surface area contributed by atoms with Gasteiger partial charge in [0.2, 0.25) is 0 Å². The first kappa shape index (κ1) is 13.1. The molecule has 0 aliphatic heterocycles. The van der Waals surface area contributed by atoms with Crippen LogP contribution >= 0.6 is 0 Å². The quantitative estimate of drug-likeness (QED) is 0.837. The zero-order valence-electron chi connectivity index (χ0n) is 11.0. The molecule has 0 aromatic heterocycles. The van der Waals surface area contributed by atoms with Crippen molar-refractivity contribution in [3.05, 3.63) is 35.4 Å². The van der Waals surface area contributed by atoms with Gasteiger partial charge in [-0.25, -0.2) is 0 Å². The van der Waals surface area contributed by atoms with Crippen molar-refractivity contribution in [1.29, 1.82) is 0 Å². The summed E-state index contributed by atoms with van der Waals surface area (Å²) < 4.78 is 0. The van der Waals surface area contributed by atoms with Crippen molar-refractivity contribution in [2.75, 3.05) is 6.54 Å². The summed E-state index contributed by atoms with van der Waals surface area (Å²) in [6.07, 6.45) is 5.33. The predicted octanol–water partition coefficient (Wildman–Crippen LogP) is 2.25. The van der Waals surface area contributed by atoms with Gasteiger partial charge >= 0.3 is 0 Å². The zero-order valence-corrected chi connectivity index (χ0v) is 11.0. The molecule has 1 aromatic rings. The van der Waals surface area contributed by atoms with Crippen LogP contribution in [0.15, 0.2) is 24.3 Å². The van der Waals surface area contributed by atoms with Crippen LogP contribution in [0.2, 0.25) is 0 Å². The van der Waals surface area contributed by atoms with E-state index < -0.39 is 0 Å². The van der Waals surface area contributed by atoms with Gasteiger partial charge in [0.1, 0.15) is 0 Å². The van der Waals surface area contributed by atoms with Crippen molar-refractivity contribution < 1.29 is 4.79 Å². The van der Waals surface area contributed by atoms with Crippen LogP contribution in [0.25, 0.3) is 0 Å². The van der Waals surface area contributed by atoms with Crippen LogP contribution in [0, 0.1) is 0 Å². The lowest BCUT2D eigenvalue weighted by molar-refractivity contribution is 0.0820. The number of hydrogen-bond acceptors (Lipinski definition) is 2. The summed E-state index contributed by atoms with van der Waals surface area (Å²) in [6.45, 7) is 2.79. The van der Waals surface area contributed by atoms with Crippen molar-refractivity contribution in [2.24, 2.45) is 5.73 Å². The van der Waals surface area contributed by atoms with Gasteiger partial charge < -0.3 is 11.1 Å². The summed E-state index contributed by atoms with van der Waals surface area (Å²) in [5.74, 6) is 0.0517. The monoisotopic (exact) mass is 246 g/mol. The molecule has 3 heteroatoms. The fraction of sp³-hybridized carbons (Fsp3) is 0.533. The Kier molecular flexibility index (Phi) is 4.02. The molecule has 1 aliphatic carbocycles. The SMILES string of the molecule is CCC1(NC(=O)c2ccc(CCN)cc2)CCC1. The second-order valence-electron chi connectivity index (χ2n) is 5.18. The molecule has 0 atom stereocenters. The number of nitrogens with one attached hydrogen (secondary N) is 1. The van der Waals surface area contributed by atoms with Crippen LogP contribution in [-0.2, 0) is 6.42 Å². The molecule has 0 heterocycles. The van der Waals surface area contributed by atoms with E-state index in [2.05, 4.69) is 12.2 Å². The van der Waals surface area contributed by atoms with E-state index in [-0.39, 0.29) is 11.4 Å². The van der Waals surface area contributed by atoms with Crippen LogP contribution in [-0.4, -0.2) is 18.0 Å². The molecular formula is C15H22N2O. The summed E-state index contributed by atoms with van der Waals surface area (Å²) in [6, 6.07) is 7.76. The summed E-state index contributed by atoms with van der Waals surface area (Å²) in [5, 5.41) is 3.18. The highest BCUT2D eigenvalue weighted by molar-refractivity contribution is 5.94. The highest BCUT2D eigenvalue weighted by atomic mass is 16.1. The van der Waals surface area contributed by atoms with Crippen LogP contribution in [0.3, 0.4) is 0 Å².